The zero-order chi connectivity index (χ0) is 16.3. The first-order valence-electron chi connectivity index (χ1n) is 7.33. The minimum Gasteiger partial charge on any atom is -0.438 e. The van der Waals surface area contributed by atoms with Crippen molar-refractivity contribution in [2.24, 2.45) is 0 Å². The van der Waals surface area contributed by atoms with Gasteiger partial charge in [-0.25, -0.2) is 0 Å². The van der Waals surface area contributed by atoms with E-state index in [0.29, 0.717) is 11.1 Å². The second-order valence-corrected chi connectivity index (χ2v) is 5.32. The van der Waals surface area contributed by atoms with Crippen molar-refractivity contribution >= 4 is 11.6 Å². The molecule has 0 aromatic heterocycles. The SMILES string of the molecule is O=C1CCOC(O)(Oc2ccccc2C(=O)c2ccccc2)C1. The number of Topliss-reactive ketones (excluding diaryl/α,β-unsaturated/α-hetero) is 1. The molecule has 1 unspecified atom stereocenters. The Hall–Kier alpha value is -2.50. The number of carbonyl (C=O) groups is 2. The highest BCUT2D eigenvalue weighted by molar-refractivity contribution is 6.10. The second kappa shape index (κ2) is 6.32. The molecule has 1 atom stereocenters. The molecule has 23 heavy (non-hydrogen) atoms. The first-order chi connectivity index (χ1) is 11.1. The average Bonchev–Trinajstić information content (AvgIpc) is 2.55. The molecule has 1 N–H and O–H groups in total. The van der Waals surface area contributed by atoms with Crippen molar-refractivity contribution in [1.29, 1.82) is 0 Å². The number of hydrogen-bond acceptors (Lipinski definition) is 5. The Balaban J connectivity index is 1.89. The summed E-state index contributed by atoms with van der Waals surface area (Å²) < 4.78 is 10.7. The molecule has 3 rings (SSSR count). The minimum absolute atomic E-state index is 0.0874. The Bertz CT molecular complexity index is 725. The summed E-state index contributed by atoms with van der Waals surface area (Å²) in [5.74, 6) is -2.22. The normalized spacial score (nSPS) is 21.0. The van der Waals surface area contributed by atoms with E-state index in [0.717, 1.165) is 0 Å². The van der Waals surface area contributed by atoms with Gasteiger partial charge < -0.3 is 14.6 Å². The number of ether oxygens (including phenoxy) is 2. The second-order valence-electron chi connectivity index (χ2n) is 5.32. The van der Waals surface area contributed by atoms with E-state index < -0.39 is 5.97 Å². The van der Waals surface area contributed by atoms with Crippen LogP contribution in [0.3, 0.4) is 0 Å². The summed E-state index contributed by atoms with van der Waals surface area (Å²) in [7, 11) is 0. The van der Waals surface area contributed by atoms with Crippen LogP contribution in [0, 0.1) is 0 Å². The van der Waals surface area contributed by atoms with Gasteiger partial charge in [0.1, 0.15) is 18.0 Å². The first-order valence-corrected chi connectivity index (χ1v) is 7.33. The highest BCUT2D eigenvalue weighted by Crippen LogP contribution is 2.29. The Morgan fingerprint density at radius 2 is 1.78 bits per heavy atom. The van der Waals surface area contributed by atoms with Crippen LogP contribution in [0.4, 0.5) is 0 Å². The standard InChI is InChI=1S/C18H16O5/c19-14-10-11-22-18(21,12-14)23-16-9-5-4-8-15(16)17(20)13-6-2-1-3-7-13/h1-9,21H,10-12H2. The van der Waals surface area contributed by atoms with Gasteiger partial charge in [-0.05, 0) is 12.1 Å². The largest absolute Gasteiger partial charge is 0.438 e. The molecule has 2 aromatic carbocycles. The van der Waals surface area contributed by atoms with Gasteiger partial charge in [0.15, 0.2) is 5.78 Å². The average molecular weight is 312 g/mol. The zero-order valence-electron chi connectivity index (χ0n) is 12.4. The lowest BCUT2D eigenvalue weighted by molar-refractivity contribution is -0.325. The molecule has 118 valence electrons. The van der Waals surface area contributed by atoms with E-state index in [1.54, 1.807) is 48.5 Å². The molecular weight excluding hydrogens is 296 g/mol. The van der Waals surface area contributed by atoms with Gasteiger partial charge in [0.25, 0.3) is 0 Å². The summed E-state index contributed by atoms with van der Waals surface area (Å²) in [6.45, 7) is 0.0874. The van der Waals surface area contributed by atoms with E-state index in [4.69, 9.17) is 9.47 Å². The molecule has 1 aliphatic heterocycles. The van der Waals surface area contributed by atoms with Gasteiger partial charge in [-0.15, -0.1) is 0 Å². The lowest BCUT2D eigenvalue weighted by Gasteiger charge is -2.31. The molecule has 0 saturated carbocycles. The monoisotopic (exact) mass is 312 g/mol. The van der Waals surface area contributed by atoms with Crippen LogP contribution < -0.4 is 4.74 Å². The summed E-state index contributed by atoms with van der Waals surface area (Å²) in [6.07, 6.45) is -0.0167. The van der Waals surface area contributed by atoms with Gasteiger partial charge >= 0.3 is 5.97 Å². The van der Waals surface area contributed by atoms with Crippen LogP contribution in [0.25, 0.3) is 0 Å². The summed E-state index contributed by atoms with van der Waals surface area (Å²) in [4.78, 5) is 24.1. The molecule has 1 fully saturated rings. The fraction of sp³-hybridized carbons (Fsp3) is 0.222. The molecule has 5 nitrogen and oxygen atoms in total. The fourth-order valence-electron chi connectivity index (χ4n) is 2.44. The molecule has 1 heterocycles. The van der Waals surface area contributed by atoms with Crippen LogP contribution in [-0.4, -0.2) is 29.3 Å². The van der Waals surface area contributed by atoms with E-state index in [9.17, 15) is 14.7 Å². The predicted molar refractivity (Wildman–Crippen MR) is 82.1 cm³/mol. The quantitative estimate of drug-likeness (QED) is 0.693. The Morgan fingerprint density at radius 3 is 2.52 bits per heavy atom. The number of hydrogen-bond donors (Lipinski definition) is 1. The molecule has 5 heteroatoms. The highest BCUT2D eigenvalue weighted by atomic mass is 16.8. The highest BCUT2D eigenvalue weighted by Gasteiger charge is 2.38. The van der Waals surface area contributed by atoms with Gasteiger partial charge in [-0.1, -0.05) is 42.5 Å². The maximum absolute atomic E-state index is 12.6. The molecule has 1 aliphatic rings. The summed E-state index contributed by atoms with van der Waals surface area (Å²) in [5, 5.41) is 10.3. The Labute approximate surface area is 133 Å². The maximum atomic E-state index is 12.6. The third-order valence-electron chi connectivity index (χ3n) is 3.57. The Morgan fingerprint density at radius 1 is 1.09 bits per heavy atom. The third-order valence-corrected chi connectivity index (χ3v) is 3.57. The van der Waals surface area contributed by atoms with Crippen LogP contribution in [0.2, 0.25) is 0 Å². The van der Waals surface area contributed by atoms with Gasteiger partial charge in [0.05, 0.1) is 12.2 Å². The molecule has 0 spiro atoms. The summed E-state index contributed by atoms with van der Waals surface area (Å²) in [5.41, 5.74) is 0.810. The van der Waals surface area contributed by atoms with Gasteiger partial charge in [0, 0.05) is 12.0 Å². The molecule has 0 aliphatic carbocycles. The van der Waals surface area contributed by atoms with Crippen molar-refractivity contribution in [3.63, 3.8) is 0 Å². The van der Waals surface area contributed by atoms with Gasteiger partial charge in [0.2, 0.25) is 0 Å². The van der Waals surface area contributed by atoms with E-state index in [1.165, 1.54) is 0 Å². The number of para-hydroxylation sites is 1. The molecule has 0 amide bonds. The van der Waals surface area contributed by atoms with E-state index >= 15 is 0 Å². The molecule has 0 bridgehead atoms. The van der Waals surface area contributed by atoms with E-state index in [2.05, 4.69) is 0 Å². The van der Waals surface area contributed by atoms with Gasteiger partial charge in [-0.2, -0.15) is 0 Å². The van der Waals surface area contributed by atoms with Crippen molar-refractivity contribution in [3.8, 4) is 5.75 Å². The number of aliphatic hydroxyl groups is 1. The lowest BCUT2D eigenvalue weighted by Crippen LogP contribution is -2.45. The topological polar surface area (TPSA) is 72.8 Å². The van der Waals surface area contributed by atoms with Crippen molar-refractivity contribution in [2.75, 3.05) is 6.61 Å². The van der Waals surface area contributed by atoms with Gasteiger partial charge in [-0.3, -0.25) is 9.59 Å². The number of rotatable bonds is 4. The van der Waals surface area contributed by atoms with Crippen molar-refractivity contribution in [2.45, 2.75) is 18.8 Å². The Kier molecular flexibility index (Phi) is 4.23. The number of carbonyl (C=O) groups excluding carboxylic acids is 2. The summed E-state index contributed by atoms with van der Waals surface area (Å²) in [6, 6.07) is 15.3. The lowest BCUT2D eigenvalue weighted by atomic mass is 10.0. The predicted octanol–water partition coefficient (Wildman–Crippen LogP) is 2.32. The molecule has 0 radical (unpaired) electrons. The number of benzene rings is 2. The van der Waals surface area contributed by atoms with Crippen molar-refractivity contribution in [3.05, 3.63) is 65.7 Å². The fourth-order valence-corrected chi connectivity index (χ4v) is 2.44. The van der Waals surface area contributed by atoms with Crippen LogP contribution in [0.1, 0.15) is 28.8 Å². The summed E-state index contributed by atoms with van der Waals surface area (Å²) >= 11 is 0. The molecule has 2 aromatic rings. The smallest absolute Gasteiger partial charge is 0.331 e. The maximum Gasteiger partial charge on any atom is 0.331 e. The van der Waals surface area contributed by atoms with E-state index in [1.807, 2.05) is 6.07 Å². The van der Waals surface area contributed by atoms with E-state index in [-0.39, 0.29) is 36.8 Å². The van der Waals surface area contributed by atoms with Crippen LogP contribution >= 0.6 is 0 Å². The third kappa shape index (κ3) is 3.47. The van der Waals surface area contributed by atoms with Crippen LogP contribution in [0.15, 0.2) is 54.6 Å². The first kappa shape index (κ1) is 15.4. The zero-order valence-corrected chi connectivity index (χ0v) is 12.4. The molecule has 1 saturated heterocycles. The molecular formula is C18H16O5. The number of ketones is 2. The van der Waals surface area contributed by atoms with Crippen molar-refractivity contribution in [1.82, 2.24) is 0 Å². The van der Waals surface area contributed by atoms with Crippen molar-refractivity contribution < 1.29 is 24.2 Å². The van der Waals surface area contributed by atoms with Crippen LogP contribution in [-0.2, 0) is 9.53 Å². The minimum atomic E-state index is -2.03. The van der Waals surface area contributed by atoms with Crippen LogP contribution in [0.5, 0.6) is 5.75 Å².